The van der Waals surface area contributed by atoms with Gasteiger partial charge >= 0.3 is 0 Å². The van der Waals surface area contributed by atoms with Crippen LogP contribution in [-0.2, 0) is 14.8 Å². The molecule has 1 aliphatic rings. The first-order valence-electron chi connectivity index (χ1n) is 8.80. The van der Waals surface area contributed by atoms with E-state index in [1.807, 2.05) is 6.92 Å². The van der Waals surface area contributed by atoms with Gasteiger partial charge in [-0.2, -0.15) is 4.31 Å². The van der Waals surface area contributed by atoms with E-state index in [0.717, 1.165) is 6.42 Å². The van der Waals surface area contributed by atoms with Crippen molar-refractivity contribution in [2.45, 2.75) is 31.1 Å². The van der Waals surface area contributed by atoms with Crippen molar-refractivity contribution < 1.29 is 18.3 Å². The molecular formula is C18H28N2O4S. The van der Waals surface area contributed by atoms with Gasteiger partial charge in [-0.1, -0.05) is 31.5 Å². The van der Waals surface area contributed by atoms with Crippen molar-refractivity contribution in [1.82, 2.24) is 9.21 Å². The average molecular weight is 368 g/mol. The predicted molar refractivity (Wildman–Crippen MR) is 96.4 cm³/mol. The zero-order valence-electron chi connectivity index (χ0n) is 15.0. The molecule has 1 aromatic rings. The first kappa shape index (κ1) is 19.9. The van der Waals surface area contributed by atoms with Crippen molar-refractivity contribution in [3.63, 3.8) is 0 Å². The van der Waals surface area contributed by atoms with Crippen LogP contribution in [0.3, 0.4) is 0 Å². The fraction of sp³-hybridized carbons (Fsp3) is 0.611. The number of sulfonamides is 1. The third-order valence-corrected chi connectivity index (χ3v) is 6.94. The van der Waals surface area contributed by atoms with E-state index in [-0.39, 0.29) is 24.3 Å². The van der Waals surface area contributed by atoms with Gasteiger partial charge < -0.3 is 10.0 Å². The maximum atomic E-state index is 12.8. The highest BCUT2D eigenvalue weighted by Gasteiger charge is 2.35. The number of aliphatic hydroxyl groups excluding tert-OH is 1. The Morgan fingerprint density at radius 1 is 1.28 bits per heavy atom. The minimum absolute atomic E-state index is 0.0110. The number of hydrogen-bond donors (Lipinski definition) is 1. The molecule has 1 N–H and O–H groups in total. The summed E-state index contributed by atoms with van der Waals surface area (Å²) in [7, 11) is -1.79. The molecule has 7 heteroatoms. The molecule has 0 radical (unpaired) electrons. The lowest BCUT2D eigenvalue weighted by Gasteiger charge is -2.37. The molecule has 1 amide bonds. The lowest BCUT2D eigenvalue weighted by Crippen LogP contribution is -2.45. The molecule has 140 valence electrons. The Labute approximate surface area is 150 Å². The van der Waals surface area contributed by atoms with E-state index in [1.54, 1.807) is 46.6 Å². The molecule has 25 heavy (non-hydrogen) atoms. The van der Waals surface area contributed by atoms with Gasteiger partial charge in [0.05, 0.1) is 11.5 Å². The Bertz CT molecular complexity index is 663. The van der Waals surface area contributed by atoms with Crippen LogP contribution in [0.4, 0.5) is 0 Å². The predicted octanol–water partition coefficient (Wildman–Crippen LogP) is 1.56. The molecule has 0 unspecified atom stereocenters. The SMILES string of the molecule is CC[C@H]1CN(S(=O)(=O)c2ccccc2)CC[C@H]1CC(=O)N(C)CCO. The maximum Gasteiger partial charge on any atom is 0.243 e. The van der Waals surface area contributed by atoms with Crippen molar-refractivity contribution in [2.24, 2.45) is 11.8 Å². The van der Waals surface area contributed by atoms with Crippen LogP contribution in [0.2, 0.25) is 0 Å². The van der Waals surface area contributed by atoms with E-state index in [1.165, 1.54) is 0 Å². The van der Waals surface area contributed by atoms with Crippen LogP contribution in [0.5, 0.6) is 0 Å². The molecule has 0 aliphatic carbocycles. The summed E-state index contributed by atoms with van der Waals surface area (Å²) in [6, 6.07) is 8.50. The van der Waals surface area contributed by atoms with Crippen molar-refractivity contribution in [1.29, 1.82) is 0 Å². The molecule has 0 saturated carbocycles. The Morgan fingerprint density at radius 2 is 1.96 bits per heavy atom. The van der Waals surface area contributed by atoms with Crippen molar-refractivity contribution in [2.75, 3.05) is 33.3 Å². The zero-order chi connectivity index (χ0) is 18.4. The first-order valence-corrected chi connectivity index (χ1v) is 10.2. The zero-order valence-corrected chi connectivity index (χ0v) is 15.8. The number of carbonyl (C=O) groups is 1. The fourth-order valence-corrected chi connectivity index (χ4v) is 4.93. The number of piperidine rings is 1. The van der Waals surface area contributed by atoms with E-state index >= 15 is 0 Å². The average Bonchev–Trinajstić information content (AvgIpc) is 2.62. The molecule has 0 spiro atoms. The minimum atomic E-state index is -3.48. The Morgan fingerprint density at radius 3 is 2.56 bits per heavy atom. The van der Waals surface area contributed by atoms with Gasteiger partial charge in [-0.05, 0) is 30.4 Å². The molecule has 1 aliphatic heterocycles. The molecule has 1 aromatic carbocycles. The van der Waals surface area contributed by atoms with Gasteiger partial charge in [0.2, 0.25) is 15.9 Å². The second-order valence-corrected chi connectivity index (χ2v) is 8.57. The Balaban J connectivity index is 2.05. The van der Waals surface area contributed by atoms with Crippen molar-refractivity contribution in [3.8, 4) is 0 Å². The number of amides is 1. The van der Waals surface area contributed by atoms with E-state index in [2.05, 4.69) is 0 Å². The van der Waals surface area contributed by atoms with Gasteiger partial charge in [0.25, 0.3) is 0 Å². The van der Waals surface area contributed by atoms with Crippen molar-refractivity contribution >= 4 is 15.9 Å². The number of carbonyl (C=O) groups excluding carboxylic acids is 1. The van der Waals surface area contributed by atoms with Gasteiger partial charge in [-0.25, -0.2) is 8.42 Å². The molecule has 2 atom stereocenters. The molecule has 0 aromatic heterocycles. The number of aliphatic hydroxyl groups is 1. The second-order valence-electron chi connectivity index (χ2n) is 6.64. The highest BCUT2D eigenvalue weighted by atomic mass is 32.2. The van der Waals surface area contributed by atoms with Gasteiger partial charge in [-0.15, -0.1) is 0 Å². The van der Waals surface area contributed by atoms with E-state index in [4.69, 9.17) is 5.11 Å². The van der Waals surface area contributed by atoms with Crippen LogP contribution in [0, 0.1) is 11.8 Å². The number of benzene rings is 1. The second kappa shape index (κ2) is 8.78. The van der Waals surface area contributed by atoms with Gasteiger partial charge in [-0.3, -0.25) is 4.79 Å². The standard InChI is InChI=1S/C18H28N2O4S/c1-3-15-14-20(25(23,24)17-7-5-4-6-8-17)10-9-16(15)13-18(22)19(2)11-12-21/h4-8,15-16,21H,3,9-14H2,1-2H3/t15-,16-/m0/s1. The summed E-state index contributed by atoms with van der Waals surface area (Å²) in [5.74, 6) is 0.358. The molecule has 1 heterocycles. The van der Waals surface area contributed by atoms with Crippen molar-refractivity contribution in [3.05, 3.63) is 30.3 Å². The largest absolute Gasteiger partial charge is 0.395 e. The first-order chi connectivity index (χ1) is 11.9. The Kier molecular flexibility index (Phi) is 6.98. The highest BCUT2D eigenvalue weighted by molar-refractivity contribution is 7.89. The quantitative estimate of drug-likeness (QED) is 0.792. The maximum absolute atomic E-state index is 12.8. The van der Waals surface area contributed by atoms with Crippen LogP contribution in [-0.4, -0.2) is 61.9 Å². The summed E-state index contributed by atoms with van der Waals surface area (Å²) in [5, 5.41) is 8.95. The van der Waals surface area contributed by atoms with Crippen LogP contribution in [0.1, 0.15) is 26.2 Å². The van der Waals surface area contributed by atoms with Gasteiger partial charge in [0.1, 0.15) is 0 Å². The summed E-state index contributed by atoms with van der Waals surface area (Å²) < 4.78 is 27.1. The lowest BCUT2D eigenvalue weighted by atomic mass is 9.82. The molecule has 0 bridgehead atoms. The van der Waals surface area contributed by atoms with E-state index < -0.39 is 10.0 Å². The summed E-state index contributed by atoms with van der Waals surface area (Å²) in [6.45, 7) is 3.22. The van der Waals surface area contributed by atoms with Gasteiger partial charge in [0, 0.05) is 33.1 Å². The third-order valence-electron chi connectivity index (χ3n) is 5.06. The highest BCUT2D eigenvalue weighted by Crippen LogP contribution is 2.32. The topological polar surface area (TPSA) is 77.9 Å². The summed E-state index contributed by atoms with van der Waals surface area (Å²) in [5.41, 5.74) is 0. The monoisotopic (exact) mass is 368 g/mol. The van der Waals surface area contributed by atoms with E-state index in [0.29, 0.717) is 37.4 Å². The van der Waals surface area contributed by atoms with Crippen LogP contribution in [0.25, 0.3) is 0 Å². The van der Waals surface area contributed by atoms with E-state index in [9.17, 15) is 13.2 Å². The molecule has 1 saturated heterocycles. The number of hydrogen-bond acceptors (Lipinski definition) is 4. The minimum Gasteiger partial charge on any atom is -0.395 e. The molecular weight excluding hydrogens is 340 g/mol. The number of likely N-dealkylation sites (N-methyl/N-ethyl adjacent to an activating group) is 1. The van der Waals surface area contributed by atoms with Crippen LogP contribution in [0.15, 0.2) is 35.2 Å². The number of nitrogens with zero attached hydrogens (tertiary/aromatic N) is 2. The summed E-state index contributed by atoms with van der Waals surface area (Å²) >= 11 is 0. The van der Waals surface area contributed by atoms with Crippen LogP contribution >= 0.6 is 0 Å². The smallest absolute Gasteiger partial charge is 0.243 e. The molecule has 6 nitrogen and oxygen atoms in total. The third kappa shape index (κ3) is 4.80. The number of rotatable bonds is 7. The Hall–Kier alpha value is -1.44. The molecule has 1 fully saturated rings. The van der Waals surface area contributed by atoms with Gasteiger partial charge in [0.15, 0.2) is 0 Å². The lowest BCUT2D eigenvalue weighted by molar-refractivity contribution is -0.132. The van der Waals surface area contributed by atoms with Crippen LogP contribution < -0.4 is 0 Å². The fourth-order valence-electron chi connectivity index (χ4n) is 3.39. The summed E-state index contributed by atoms with van der Waals surface area (Å²) in [4.78, 5) is 14.1. The molecule has 2 rings (SSSR count). The normalized spacial score (nSPS) is 21.9. The summed E-state index contributed by atoms with van der Waals surface area (Å²) in [6.07, 6.45) is 1.93.